The molecule has 0 saturated carbocycles. The Bertz CT molecular complexity index is 2130. The summed E-state index contributed by atoms with van der Waals surface area (Å²) in [6, 6.07) is 27.5. The Hall–Kier alpha value is -6.19. The van der Waals surface area contributed by atoms with Crippen molar-refractivity contribution >= 4 is 34.4 Å². The van der Waals surface area contributed by atoms with Gasteiger partial charge in [0.25, 0.3) is 0 Å². The Labute approximate surface area is 271 Å². The molecule has 3 N–H and O–H groups in total. The molecule has 1 aliphatic rings. The average molecular weight is 622 g/mol. The van der Waals surface area contributed by atoms with Crippen molar-refractivity contribution in [1.82, 2.24) is 34.4 Å². The fraction of sp³-hybridized carbons (Fsp3) is 0.171. The number of amides is 1. The van der Waals surface area contributed by atoms with E-state index in [9.17, 15) is 10.1 Å². The lowest BCUT2D eigenvalue weighted by Gasteiger charge is -2.35. The third-order valence-corrected chi connectivity index (χ3v) is 8.13. The van der Waals surface area contributed by atoms with E-state index in [0.717, 1.165) is 61.0 Å². The van der Waals surface area contributed by atoms with Crippen LogP contribution in [0.2, 0.25) is 0 Å². The number of nitrogens with two attached hydrogens (primary N) is 1. The zero-order valence-electron chi connectivity index (χ0n) is 25.7. The molecule has 0 atom stereocenters. The van der Waals surface area contributed by atoms with Crippen LogP contribution in [0.5, 0.6) is 0 Å². The lowest BCUT2D eigenvalue weighted by atomic mass is 10.1. The number of carbonyl (C=O) groups is 1. The molecule has 0 unspecified atom stereocenters. The van der Waals surface area contributed by atoms with E-state index < -0.39 is 0 Å². The number of carbonyl (C=O) groups excluding carboxylic acids is 1. The minimum absolute atomic E-state index is 0.134. The van der Waals surface area contributed by atoms with E-state index >= 15 is 0 Å². The molecule has 0 radical (unpaired) electrons. The van der Waals surface area contributed by atoms with Crippen molar-refractivity contribution in [3.05, 3.63) is 103 Å². The van der Waals surface area contributed by atoms with Gasteiger partial charge in [-0.05, 0) is 54.1 Å². The summed E-state index contributed by atoms with van der Waals surface area (Å²) in [4.78, 5) is 38.9. The van der Waals surface area contributed by atoms with Gasteiger partial charge >= 0.3 is 0 Å². The van der Waals surface area contributed by atoms with Crippen molar-refractivity contribution in [2.75, 3.05) is 42.1 Å². The van der Waals surface area contributed by atoms with Gasteiger partial charge in [-0.3, -0.25) is 14.3 Å². The zero-order chi connectivity index (χ0) is 32.3. The monoisotopic (exact) mass is 621 g/mol. The quantitative estimate of drug-likeness (QED) is 0.257. The average Bonchev–Trinajstić information content (AvgIpc) is 3.47. The van der Waals surface area contributed by atoms with Crippen LogP contribution in [0.15, 0.2) is 91.4 Å². The maximum absolute atomic E-state index is 11.7. The Morgan fingerprint density at radius 3 is 2.53 bits per heavy atom. The second kappa shape index (κ2) is 12.7. The summed E-state index contributed by atoms with van der Waals surface area (Å²) < 4.78 is 2.02. The first-order chi connectivity index (χ1) is 22.9. The normalized spacial score (nSPS) is 13.4. The lowest BCUT2D eigenvalue weighted by molar-refractivity contribution is -0.114. The van der Waals surface area contributed by atoms with Crippen molar-refractivity contribution in [2.24, 2.45) is 0 Å². The van der Waals surface area contributed by atoms with Gasteiger partial charge in [-0.1, -0.05) is 24.3 Å². The standard InChI is InChI=1S/C35H31N11O/c1-23(47)41-26-5-2-4-25(18-26)30-11-12-31-35(42-30)46(34(43-31)29-6-3-13-38-33(29)37)28-9-7-24(8-10-28)21-44-14-16-45(17-15-44)32-19-27(20-36)39-22-40-32/h2-13,18-19,22H,14-17,21H2,1H3,(H2,37,38)(H,41,47). The molecule has 1 fully saturated rings. The highest BCUT2D eigenvalue weighted by Crippen LogP contribution is 2.32. The van der Waals surface area contributed by atoms with Gasteiger partial charge in [0.1, 0.15) is 35.2 Å². The van der Waals surface area contributed by atoms with Gasteiger partial charge in [-0.15, -0.1) is 0 Å². The van der Waals surface area contributed by atoms with Gasteiger partial charge in [-0.25, -0.2) is 24.9 Å². The summed E-state index contributed by atoms with van der Waals surface area (Å²) in [7, 11) is 0. The van der Waals surface area contributed by atoms with Gasteiger partial charge in [0.2, 0.25) is 5.91 Å². The Morgan fingerprint density at radius 2 is 1.77 bits per heavy atom. The van der Waals surface area contributed by atoms with Crippen LogP contribution in [0.1, 0.15) is 18.2 Å². The molecule has 2 aromatic carbocycles. The van der Waals surface area contributed by atoms with Crippen molar-refractivity contribution < 1.29 is 4.79 Å². The summed E-state index contributed by atoms with van der Waals surface area (Å²) in [5.41, 5.74) is 13.2. The molecule has 1 saturated heterocycles. The van der Waals surface area contributed by atoms with Crippen molar-refractivity contribution in [1.29, 1.82) is 5.26 Å². The van der Waals surface area contributed by atoms with Crippen LogP contribution >= 0.6 is 0 Å². The van der Waals surface area contributed by atoms with Crippen LogP contribution in [0.25, 0.3) is 39.5 Å². The third kappa shape index (κ3) is 6.20. The van der Waals surface area contributed by atoms with E-state index in [1.807, 2.05) is 53.1 Å². The molecule has 1 aliphatic heterocycles. The molecule has 5 heterocycles. The molecule has 7 rings (SSSR count). The van der Waals surface area contributed by atoms with Crippen LogP contribution in [-0.2, 0) is 11.3 Å². The van der Waals surface area contributed by atoms with Crippen LogP contribution in [0, 0.1) is 11.3 Å². The molecule has 47 heavy (non-hydrogen) atoms. The summed E-state index contributed by atoms with van der Waals surface area (Å²) in [6.45, 7) is 5.68. The van der Waals surface area contributed by atoms with Crippen LogP contribution in [0.4, 0.5) is 17.3 Å². The summed E-state index contributed by atoms with van der Waals surface area (Å²) >= 11 is 0. The zero-order valence-corrected chi connectivity index (χ0v) is 25.7. The largest absolute Gasteiger partial charge is 0.383 e. The van der Waals surface area contributed by atoms with E-state index in [1.165, 1.54) is 18.8 Å². The maximum atomic E-state index is 11.7. The van der Waals surface area contributed by atoms with E-state index in [-0.39, 0.29) is 5.91 Å². The summed E-state index contributed by atoms with van der Waals surface area (Å²) in [5.74, 6) is 1.69. The number of hydrogen-bond donors (Lipinski definition) is 2. The number of rotatable bonds is 7. The topological polar surface area (TPSA) is 155 Å². The second-order valence-electron chi connectivity index (χ2n) is 11.3. The number of hydrogen-bond acceptors (Lipinski definition) is 10. The first-order valence-electron chi connectivity index (χ1n) is 15.2. The predicted molar refractivity (Wildman–Crippen MR) is 180 cm³/mol. The van der Waals surface area contributed by atoms with Crippen molar-refractivity contribution in [3.63, 3.8) is 0 Å². The number of anilines is 3. The van der Waals surface area contributed by atoms with Gasteiger partial charge in [0.05, 0.1) is 11.3 Å². The van der Waals surface area contributed by atoms with Gasteiger partial charge in [-0.2, -0.15) is 5.26 Å². The first kappa shape index (κ1) is 29.5. The number of nitrogens with zero attached hydrogens (tertiary/aromatic N) is 9. The Balaban J connectivity index is 1.18. The molecular formula is C35H31N11O. The number of fused-ring (bicyclic) bond motifs is 1. The lowest BCUT2D eigenvalue weighted by Crippen LogP contribution is -2.46. The molecule has 0 spiro atoms. The Kier molecular flexibility index (Phi) is 7.95. The number of imidazole rings is 1. The number of nitrogens with one attached hydrogen (secondary N) is 1. The minimum Gasteiger partial charge on any atom is -0.383 e. The number of nitriles is 1. The van der Waals surface area contributed by atoms with Gasteiger partial charge in [0.15, 0.2) is 11.5 Å². The predicted octanol–water partition coefficient (Wildman–Crippen LogP) is 4.67. The Morgan fingerprint density at radius 1 is 0.936 bits per heavy atom. The number of pyridine rings is 2. The van der Waals surface area contributed by atoms with Crippen LogP contribution in [-0.4, -0.2) is 66.5 Å². The molecule has 12 heteroatoms. The molecule has 0 bridgehead atoms. The fourth-order valence-electron chi connectivity index (χ4n) is 5.83. The number of benzene rings is 2. The minimum atomic E-state index is -0.134. The van der Waals surface area contributed by atoms with Crippen LogP contribution < -0.4 is 16.0 Å². The third-order valence-electron chi connectivity index (χ3n) is 8.13. The highest BCUT2D eigenvalue weighted by Gasteiger charge is 2.21. The summed E-state index contributed by atoms with van der Waals surface area (Å²) in [6.07, 6.45) is 3.11. The number of aromatic nitrogens is 6. The molecular weight excluding hydrogens is 590 g/mol. The van der Waals surface area contributed by atoms with Crippen molar-refractivity contribution in [2.45, 2.75) is 13.5 Å². The highest BCUT2D eigenvalue weighted by molar-refractivity contribution is 5.90. The summed E-state index contributed by atoms with van der Waals surface area (Å²) in [5, 5.41) is 12.0. The van der Waals surface area contributed by atoms with E-state index in [4.69, 9.17) is 15.7 Å². The number of nitrogen functional groups attached to an aromatic ring is 1. The van der Waals surface area contributed by atoms with E-state index in [0.29, 0.717) is 34.2 Å². The first-order valence-corrected chi connectivity index (χ1v) is 15.2. The molecule has 1 amide bonds. The van der Waals surface area contributed by atoms with Crippen LogP contribution in [0.3, 0.4) is 0 Å². The molecule has 232 valence electrons. The van der Waals surface area contributed by atoms with Gasteiger partial charge < -0.3 is 16.0 Å². The molecule has 6 aromatic rings. The van der Waals surface area contributed by atoms with E-state index in [2.05, 4.69) is 60.4 Å². The molecule has 12 nitrogen and oxygen atoms in total. The molecule has 4 aromatic heterocycles. The number of piperazine rings is 1. The second-order valence-corrected chi connectivity index (χ2v) is 11.3. The van der Waals surface area contributed by atoms with Gasteiger partial charge in [0, 0.05) is 68.8 Å². The highest BCUT2D eigenvalue weighted by atomic mass is 16.1. The SMILES string of the molecule is CC(=O)Nc1cccc(-c2ccc3nc(-c4cccnc4N)n(-c4ccc(CN5CCN(c6cc(C#N)ncn6)CC5)cc4)c3n2)c1. The van der Waals surface area contributed by atoms with E-state index in [1.54, 1.807) is 12.3 Å². The molecule has 0 aliphatic carbocycles. The smallest absolute Gasteiger partial charge is 0.221 e. The fourth-order valence-corrected chi connectivity index (χ4v) is 5.83. The maximum Gasteiger partial charge on any atom is 0.221 e. The van der Waals surface area contributed by atoms with Crippen molar-refractivity contribution in [3.8, 4) is 34.4 Å².